The Morgan fingerprint density at radius 3 is 2.45 bits per heavy atom. The van der Waals surface area contributed by atoms with Gasteiger partial charge in [-0.3, -0.25) is 4.90 Å². The summed E-state index contributed by atoms with van der Waals surface area (Å²) in [6.07, 6.45) is 0.825. The molecule has 1 atom stereocenters. The molecule has 2 heterocycles. The zero-order valence-corrected chi connectivity index (χ0v) is 19.1. The number of amides is 2. The lowest BCUT2D eigenvalue weighted by atomic mass is 9.94. The van der Waals surface area contributed by atoms with Gasteiger partial charge in [0, 0.05) is 25.3 Å². The number of carbonyl (C=O) groups excluding carboxylic acids is 2. The van der Waals surface area contributed by atoms with E-state index in [1.807, 2.05) is 42.5 Å². The number of hydrogen-bond donors (Lipinski definition) is 2. The van der Waals surface area contributed by atoms with Crippen LogP contribution in [0.5, 0.6) is 11.5 Å². The zero-order valence-electron chi connectivity index (χ0n) is 19.1. The first-order valence-corrected chi connectivity index (χ1v) is 11.0. The van der Waals surface area contributed by atoms with E-state index in [-0.39, 0.29) is 12.6 Å². The first kappa shape index (κ1) is 22.7. The molecule has 2 N–H and O–H groups in total. The first-order chi connectivity index (χ1) is 16.0. The van der Waals surface area contributed by atoms with Gasteiger partial charge in [-0.25, -0.2) is 9.59 Å². The standard InChI is InChI=1S/C25H29N3O5/c1-4-33-24(29)22-19(26-25(30)27-23(22)16-8-6-5-7-9-16)15-28-11-10-17-12-20(31-2)21(32-3)13-18(17)14-28/h5-9,12-13,23H,4,10-11,14-15H2,1-3H3,(H2,26,27,30). The van der Waals surface area contributed by atoms with E-state index in [0.29, 0.717) is 35.9 Å². The number of benzene rings is 2. The van der Waals surface area contributed by atoms with Gasteiger partial charge in [-0.15, -0.1) is 0 Å². The van der Waals surface area contributed by atoms with Crippen LogP contribution in [0.2, 0.25) is 0 Å². The number of urea groups is 1. The van der Waals surface area contributed by atoms with Crippen molar-refractivity contribution in [1.82, 2.24) is 15.5 Å². The van der Waals surface area contributed by atoms with Crippen molar-refractivity contribution in [2.75, 3.05) is 33.9 Å². The molecule has 2 aromatic rings. The third-order valence-corrected chi connectivity index (χ3v) is 5.96. The van der Waals surface area contributed by atoms with Crippen LogP contribution >= 0.6 is 0 Å². The van der Waals surface area contributed by atoms with E-state index in [2.05, 4.69) is 15.5 Å². The fourth-order valence-electron chi connectivity index (χ4n) is 4.39. The lowest BCUT2D eigenvalue weighted by molar-refractivity contribution is -0.139. The molecule has 2 aliphatic rings. The minimum Gasteiger partial charge on any atom is -0.493 e. The highest BCUT2D eigenvalue weighted by Gasteiger charge is 2.34. The Morgan fingerprint density at radius 2 is 1.79 bits per heavy atom. The largest absolute Gasteiger partial charge is 0.493 e. The van der Waals surface area contributed by atoms with E-state index < -0.39 is 12.0 Å². The monoisotopic (exact) mass is 451 g/mol. The second-order valence-corrected chi connectivity index (χ2v) is 7.99. The summed E-state index contributed by atoms with van der Waals surface area (Å²) in [5.74, 6) is 0.967. The van der Waals surface area contributed by atoms with Crippen LogP contribution in [0.3, 0.4) is 0 Å². The number of rotatable bonds is 7. The average Bonchev–Trinajstić information content (AvgIpc) is 2.83. The molecule has 2 aliphatic heterocycles. The molecule has 0 aliphatic carbocycles. The van der Waals surface area contributed by atoms with Gasteiger partial charge in [0.15, 0.2) is 11.5 Å². The number of carbonyl (C=O) groups is 2. The van der Waals surface area contributed by atoms with Crippen LogP contribution in [-0.4, -0.2) is 50.8 Å². The van der Waals surface area contributed by atoms with E-state index in [1.165, 1.54) is 5.56 Å². The number of nitrogens with one attached hydrogen (secondary N) is 2. The topological polar surface area (TPSA) is 89.1 Å². The quantitative estimate of drug-likeness (QED) is 0.630. The predicted octanol–water partition coefficient (Wildman–Crippen LogP) is 2.93. The fraction of sp³-hybridized carbons (Fsp3) is 0.360. The molecule has 0 spiro atoms. The van der Waals surface area contributed by atoms with Crippen LogP contribution in [0, 0.1) is 0 Å². The fourth-order valence-corrected chi connectivity index (χ4v) is 4.39. The molecule has 1 unspecified atom stereocenters. The van der Waals surface area contributed by atoms with E-state index >= 15 is 0 Å². The summed E-state index contributed by atoms with van der Waals surface area (Å²) in [6.45, 7) is 3.88. The molecular weight excluding hydrogens is 422 g/mol. The summed E-state index contributed by atoms with van der Waals surface area (Å²) in [4.78, 5) is 27.7. The Balaban J connectivity index is 1.65. The van der Waals surface area contributed by atoms with Gasteiger partial charge in [0.05, 0.1) is 32.4 Å². The molecule has 0 aromatic heterocycles. The summed E-state index contributed by atoms with van der Waals surface area (Å²) in [5.41, 5.74) is 4.17. The molecule has 8 nitrogen and oxygen atoms in total. The second-order valence-electron chi connectivity index (χ2n) is 7.99. The van der Waals surface area contributed by atoms with Crippen molar-refractivity contribution in [3.8, 4) is 11.5 Å². The van der Waals surface area contributed by atoms with E-state index in [0.717, 1.165) is 24.1 Å². The molecule has 0 fully saturated rings. The van der Waals surface area contributed by atoms with Crippen molar-refractivity contribution in [3.63, 3.8) is 0 Å². The maximum Gasteiger partial charge on any atom is 0.338 e. The van der Waals surface area contributed by atoms with Gasteiger partial charge in [0.2, 0.25) is 0 Å². The normalized spacial score (nSPS) is 18.2. The average molecular weight is 452 g/mol. The lowest BCUT2D eigenvalue weighted by Crippen LogP contribution is -2.49. The Bertz CT molecular complexity index is 1070. The number of nitrogens with zero attached hydrogens (tertiary/aromatic N) is 1. The van der Waals surface area contributed by atoms with Gasteiger partial charge in [-0.1, -0.05) is 30.3 Å². The third kappa shape index (κ3) is 4.80. The molecule has 174 valence electrons. The molecule has 4 rings (SSSR count). The molecule has 2 aromatic carbocycles. The minimum absolute atomic E-state index is 0.254. The highest BCUT2D eigenvalue weighted by molar-refractivity contribution is 5.95. The van der Waals surface area contributed by atoms with Crippen LogP contribution in [0.1, 0.15) is 29.7 Å². The Morgan fingerprint density at radius 1 is 1.09 bits per heavy atom. The molecular formula is C25H29N3O5. The van der Waals surface area contributed by atoms with Gasteiger partial charge in [-0.2, -0.15) is 0 Å². The molecule has 0 radical (unpaired) electrons. The van der Waals surface area contributed by atoms with Crippen LogP contribution < -0.4 is 20.1 Å². The summed E-state index contributed by atoms with van der Waals surface area (Å²) in [7, 11) is 3.25. The summed E-state index contributed by atoms with van der Waals surface area (Å²) in [6, 6.07) is 12.6. The minimum atomic E-state index is -0.574. The van der Waals surface area contributed by atoms with Crippen molar-refractivity contribution in [1.29, 1.82) is 0 Å². The van der Waals surface area contributed by atoms with Crippen LogP contribution in [0.15, 0.2) is 53.7 Å². The van der Waals surface area contributed by atoms with Crippen LogP contribution in [-0.2, 0) is 22.5 Å². The summed E-state index contributed by atoms with van der Waals surface area (Å²) >= 11 is 0. The number of fused-ring (bicyclic) bond motifs is 1. The molecule has 0 saturated heterocycles. The van der Waals surface area contributed by atoms with Crippen LogP contribution in [0.25, 0.3) is 0 Å². The number of ether oxygens (including phenoxy) is 3. The SMILES string of the molecule is CCOC(=O)C1=C(CN2CCc3cc(OC)c(OC)cc3C2)NC(=O)NC1c1ccccc1. The Hall–Kier alpha value is -3.52. The second kappa shape index (κ2) is 9.95. The Labute approximate surface area is 193 Å². The van der Waals surface area contributed by atoms with Crippen molar-refractivity contribution in [2.24, 2.45) is 0 Å². The molecule has 0 bridgehead atoms. The van der Waals surface area contributed by atoms with Gasteiger partial charge < -0.3 is 24.8 Å². The Kier molecular flexibility index (Phi) is 6.84. The maximum atomic E-state index is 13.0. The number of methoxy groups -OCH3 is 2. The highest BCUT2D eigenvalue weighted by atomic mass is 16.5. The van der Waals surface area contributed by atoms with Crippen molar-refractivity contribution >= 4 is 12.0 Å². The maximum absolute atomic E-state index is 13.0. The molecule has 33 heavy (non-hydrogen) atoms. The van der Waals surface area contributed by atoms with E-state index in [4.69, 9.17) is 14.2 Å². The third-order valence-electron chi connectivity index (χ3n) is 5.96. The van der Waals surface area contributed by atoms with Gasteiger partial charge in [-0.05, 0) is 42.2 Å². The van der Waals surface area contributed by atoms with E-state index in [1.54, 1.807) is 21.1 Å². The number of esters is 1. The summed E-state index contributed by atoms with van der Waals surface area (Å²) in [5, 5.41) is 5.73. The molecule has 0 saturated carbocycles. The van der Waals surface area contributed by atoms with Gasteiger partial charge >= 0.3 is 12.0 Å². The number of hydrogen-bond acceptors (Lipinski definition) is 6. The van der Waals surface area contributed by atoms with Crippen LogP contribution in [0.4, 0.5) is 4.79 Å². The molecule has 2 amide bonds. The smallest absolute Gasteiger partial charge is 0.338 e. The van der Waals surface area contributed by atoms with Crippen molar-refractivity contribution in [2.45, 2.75) is 25.9 Å². The van der Waals surface area contributed by atoms with Gasteiger partial charge in [0.1, 0.15) is 0 Å². The zero-order chi connectivity index (χ0) is 23.4. The van der Waals surface area contributed by atoms with Gasteiger partial charge in [0.25, 0.3) is 0 Å². The highest BCUT2D eigenvalue weighted by Crippen LogP contribution is 2.34. The van der Waals surface area contributed by atoms with E-state index in [9.17, 15) is 9.59 Å². The first-order valence-electron chi connectivity index (χ1n) is 11.0. The van der Waals surface area contributed by atoms with Crippen molar-refractivity contribution < 1.29 is 23.8 Å². The van der Waals surface area contributed by atoms with Crippen molar-refractivity contribution in [3.05, 3.63) is 70.4 Å². The summed E-state index contributed by atoms with van der Waals surface area (Å²) < 4.78 is 16.3. The lowest BCUT2D eigenvalue weighted by Gasteiger charge is -2.34. The predicted molar refractivity (Wildman–Crippen MR) is 123 cm³/mol. The molecule has 8 heteroatoms.